The van der Waals surface area contributed by atoms with Gasteiger partial charge in [0.05, 0.1) is 51.8 Å². The van der Waals surface area contributed by atoms with E-state index in [-0.39, 0.29) is 42.6 Å². The second-order valence-electron chi connectivity index (χ2n) is 16.2. The number of halogens is 4. The van der Waals surface area contributed by atoms with Crippen LogP contribution in [0.4, 0.5) is 24.5 Å². The number of thiazole rings is 1. The van der Waals surface area contributed by atoms with Gasteiger partial charge in [-0.15, -0.1) is 11.3 Å². The molecule has 3 amide bonds. The number of hydrogen-bond acceptors (Lipinski definition) is 10. The number of aliphatic hydroxyl groups excluding tert-OH is 1. The number of unbranched alkanes of at least 4 members (excludes halogenated alkanes) is 3. The molecule has 6 N–H and O–H groups in total. The van der Waals surface area contributed by atoms with Crippen LogP contribution in [0.1, 0.15) is 80.9 Å². The lowest BCUT2D eigenvalue weighted by molar-refractivity contribution is -0.142. The molecule has 0 bridgehead atoms. The van der Waals surface area contributed by atoms with Crippen LogP contribution < -0.4 is 26.7 Å². The number of carbonyl (C=O) groups excluding carboxylic acids is 3. The van der Waals surface area contributed by atoms with Crippen molar-refractivity contribution < 1.29 is 37.5 Å². The van der Waals surface area contributed by atoms with E-state index in [2.05, 4.69) is 31.7 Å². The van der Waals surface area contributed by atoms with Crippen molar-refractivity contribution in [3.05, 3.63) is 98.0 Å². The molecule has 1 aliphatic rings. The van der Waals surface area contributed by atoms with Crippen LogP contribution in [0.2, 0.25) is 0 Å². The third-order valence-corrected chi connectivity index (χ3v) is 12.0. The molecular weight excluding hydrogens is 922 g/mol. The van der Waals surface area contributed by atoms with Gasteiger partial charge in [0.1, 0.15) is 11.9 Å². The number of nitrogens with zero attached hydrogens (tertiary/aromatic N) is 2. The molecule has 0 spiro atoms. The van der Waals surface area contributed by atoms with Gasteiger partial charge in [0.2, 0.25) is 11.8 Å². The van der Waals surface area contributed by atoms with Crippen molar-refractivity contribution in [1.82, 2.24) is 31.3 Å². The molecule has 1 fully saturated rings. The summed E-state index contributed by atoms with van der Waals surface area (Å²) in [5.74, 6) is -4.48. The Bertz CT molecular complexity index is 2100. The fourth-order valence-corrected chi connectivity index (χ4v) is 8.29. The molecule has 1 aromatic heterocycles. The Labute approximate surface area is 372 Å². The van der Waals surface area contributed by atoms with Gasteiger partial charge in [0, 0.05) is 23.1 Å². The summed E-state index contributed by atoms with van der Waals surface area (Å²) in [5, 5.41) is 22.8. The number of β-amino-alcohol motifs (C(OH)–C–C–N with tert-alkyl or cyclic N) is 1. The van der Waals surface area contributed by atoms with E-state index < -0.39 is 52.6 Å². The molecule has 330 valence electrons. The van der Waals surface area contributed by atoms with E-state index in [0.29, 0.717) is 29.6 Å². The molecule has 3 aromatic carbocycles. The van der Waals surface area contributed by atoms with Gasteiger partial charge >= 0.3 is 0 Å². The summed E-state index contributed by atoms with van der Waals surface area (Å²) in [5.41, 5.74) is 5.75. The van der Waals surface area contributed by atoms with Crippen molar-refractivity contribution in [2.24, 2.45) is 5.41 Å². The number of aryl methyl sites for hydroxylation is 1. The van der Waals surface area contributed by atoms with E-state index in [0.717, 1.165) is 66.1 Å². The average molecular weight is 978 g/mol. The van der Waals surface area contributed by atoms with E-state index in [1.54, 1.807) is 17.4 Å². The van der Waals surface area contributed by atoms with Crippen LogP contribution in [0.5, 0.6) is 0 Å². The lowest BCUT2D eigenvalue weighted by atomic mass is 9.85. The molecule has 2 heterocycles. The first-order valence-electron chi connectivity index (χ1n) is 20.5. The average Bonchev–Trinajstić information content (AvgIpc) is 3.84. The molecule has 0 saturated carbocycles. The van der Waals surface area contributed by atoms with Crippen molar-refractivity contribution in [2.45, 2.75) is 91.0 Å². The van der Waals surface area contributed by atoms with Crippen molar-refractivity contribution in [3.63, 3.8) is 0 Å². The molecule has 5 rings (SSSR count). The van der Waals surface area contributed by atoms with Crippen LogP contribution in [-0.4, -0.2) is 83.7 Å². The SMILES string of the molecule is Cc1ncsc1-c1ccc(CNC(=O)[C@@H]2C[C@@H](O)CN2C(=O)[C@@H](NCCCCCCNCCCONC(=O)c2ccc(F)c(F)c2Nc2ccc(I)cc2F)C(C)(C)C)cc1. The highest BCUT2D eigenvalue weighted by Gasteiger charge is 2.43. The smallest absolute Gasteiger partial charge is 0.277 e. The van der Waals surface area contributed by atoms with Gasteiger partial charge in [-0.3, -0.25) is 19.2 Å². The van der Waals surface area contributed by atoms with Gasteiger partial charge in [-0.1, -0.05) is 57.9 Å². The minimum absolute atomic E-state index is 0.107. The Hall–Kier alpha value is -4.14. The van der Waals surface area contributed by atoms with Crippen LogP contribution in [0, 0.1) is 33.4 Å². The van der Waals surface area contributed by atoms with E-state index in [4.69, 9.17) is 4.84 Å². The quantitative estimate of drug-likeness (QED) is 0.0285. The summed E-state index contributed by atoms with van der Waals surface area (Å²) in [4.78, 5) is 52.3. The van der Waals surface area contributed by atoms with Crippen molar-refractivity contribution in [3.8, 4) is 10.4 Å². The summed E-state index contributed by atoms with van der Waals surface area (Å²) in [6.45, 7) is 10.6. The highest BCUT2D eigenvalue weighted by Crippen LogP contribution is 2.30. The van der Waals surface area contributed by atoms with Crippen LogP contribution in [0.25, 0.3) is 10.4 Å². The monoisotopic (exact) mass is 977 g/mol. The van der Waals surface area contributed by atoms with E-state index in [1.165, 1.54) is 17.0 Å². The molecule has 1 saturated heterocycles. The van der Waals surface area contributed by atoms with Crippen LogP contribution in [-0.2, 0) is 21.0 Å². The number of aromatic nitrogens is 1. The first kappa shape index (κ1) is 47.9. The molecule has 0 aliphatic carbocycles. The van der Waals surface area contributed by atoms with Crippen LogP contribution in [0.15, 0.2) is 60.1 Å². The number of nitrogens with one attached hydrogen (secondary N) is 5. The van der Waals surface area contributed by atoms with Crippen molar-refractivity contribution in [1.29, 1.82) is 0 Å². The fraction of sp³-hybridized carbons (Fsp3) is 0.455. The van der Waals surface area contributed by atoms with Crippen molar-refractivity contribution >= 4 is 63.0 Å². The highest BCUT2D eigenvalue weighted by atomic mass is 127. The summed E-state index contributed by atoms with van der Waals surface area (Å²) >= 11 is 3.51. The van der Waals surface area contributed by atoms with Gasteiger partial charge in [0.15, 0.2) is 11.6 Å². The van der Waals surface area contributed by atoms with Gasteiger partial charge < -0.3 is 31.3 Å². The number of anilines is 2. The molecular formula is C44H55F3IN7O5S. The van der Waals surface area contributed by atoms with Gasteiger partial charge in [-0.25, -0.2) is 23.6 Å². The normalized spacial score (nSPS) is 15.8. The highest BCUT2D eigenvalue weighted by molar-refractivity contribution is 14.1. The van der Waals surface area contributed by atoms with E-state index >= 15 is 0 Å². The Morgan fingerprint density at radius 3 is 2.38 bits per heavy atom. The zero-order chi connectivity index (χ0) is 44.1. The van der Waals surface area contributed by atoms with Crippen molar-refractivity contribution in [2.75, 3.05) is 38.1 Å². The predicted octanol–water partition coefficient (Wildman–Crippen LogP) is 7.37. The second-order valence-corrected chi connectivity index (χ2v) is 18.3. The summed E-state index contributed by atoms with van der Waals surface area (Å²) in [6.07, 6.45) is 3.69. The maximum Gasteiger partial charge on any atom is 0.277 e. The first-order valence-corrected chi connectivity index (χ1v) is 22.4. The Morgan fingerprint density at radius 1 is 0.967 bits per heavy atom. The van der Waals surface area contributed by atoms with E-state index in [1.807, 2.05) is 80.1 Å². The Balaban J connectivity index is 0.959. The number of hydrogen-bond donors (Lipinski definition) is 6. The summed E-state index contributed by atoms with van der Waals surface area (Å²) in [7, 11) is 0. The zero-order valence-corrected chi connectivity index (χ0v) is 37.9. The minimum Gasteiger partial charge on any atom is -0.391 e. The Morgan fingerprint density at radius 2 is 1.69 bits per heavy atom. The van der Waals surface area contributed by atoms with Crippen LogP contribution in [0.3, 0.4) is 0 Å². The predicted molar refractivity (Wildman–Crippen MR) is 240 cm³/mol. The third kappa shape index (κ3) is 13.7. The topological polar surface area (TPSA) is 157 Å². The molecule has 12 nitrogen and oxygen atoms in total. The lowest BCUT2D eigenvalue weighted by Gasteiger charge is -2.35. The van der Waals surface area contributed by atoms with Gasteiger partial charge in [0.25, 0.3) is 5.91 Å². The zero-order valence-electron chi connectivity index (χ0n) is 34.9. The first-order chi connectivity index (χ1) is 29.1. The molecule has 17 heteroatoms. The number of likely N-dealkylation sites (tertiary alicyclic amines) is 1. The van der Waals surface area contributed by atoms with Crippen LogP contribution >= 0.6 is 33.9 Å². The third-order valence-electron chi connectivity index (χ3n) is 10.3. The number of rotatable bonds is 21. The number of amides is 3. The lowest BCUT2D eigenvalue weighted by Crippen LogP contribution is -2.56. The maximum atomic E-state index is 14.7. The number of carbonyl (C=O) groups is 3. The molecule has 0 unspecified atom stereocenters. The van der Waals surface area contributed by atoms with Gasteiger partial charge in [-0.2, -0.15) is 0 Å². The molecule has 1 aliphatic heterocycles. The van der Waals surface area contributed by atoms with E-state index in [9.17, 15) is 32.7 Å². The summed E-state index contributed by atoms with van der Waals surface area (Å²) < 4.78 is 43.7. The molecule has 0 radical (unpaired) electrons. The fourth-order valence-electron chi connectivity index (χ4n) is 7.02. The molecule has 4 aromatic rings. The molecule has 3 atom stereocenters. The minimum atomic E-state index is -1.32. The van der Waals surface area contributed by atoms with Gasteiger partial charge in [-0.05, 0) is 115 Å². The number of aliphatic hydroxyl groups is 1. The Kier molecular flexibility index (Phi) is 17.9. The maximum absolute atomic E-state index is 14.7. The summed E-state index contributed by atoms with van der Waals surface area (Å²) in [6, 6.07) is 12.8. The second kappa shape index (κ2) is 22.8. The largest absolute Gasteiger partial charge is 0.391 e. The molecule has 61 heavy (non-hydrogen) atoms. The standard InChI is InChI=1S/C44H55F3IN7O5S/c1-27-39(61-26-52-27)29-12-10-28(11-13-29)24-51-42(58)36-23-31(56)25-55(36)43(59)40(44(2,3)4)50-20-8-6-5-7-18-49-19-9-21-60-54-41(57)32-15-16-33(45)37(47)38(32)53-35-17-14-30(48)22-34(35)46/h10-17,22,26,31,36,40,49-50,53,56H,5-9,18-21,23-25H2,1-4H3,(H,51,58)(H,54,57)/t31-,36+,40-/m1/s1. The number of hydroxylamine groups is 1. The number of benzene rings is 3.